The van der Waals surface area contributed by atoms with Gasteiger partial charge < -0.3 is 9.52 Å². The van der Waals surface area contributed by atoms with Crippen molar-refractivity contribution in [2.45, 2.75) is 38.8 Å². The first-order valence-corrected chi connectivity index (χ1v) is 7.77. The fraction of sp³-hybridized carbons (Fsp3) is 0.444. The van der Waals surface area contributed by atoms with Crippen LogP contribution in [0.1, 0.15) is 30.6 Å². The molecule has 3 nitrogen and oxygen atoms in total. The fourth-order valence-electron chi connectivity index (χ4n) is 3.28. The number of aryl methyl sites for hydroxylation is 1. The number of likely N-dealkylation sites (tertiary alicyclic amines) is 1. The summed E-state index contributed by atoms with van der Waals surface area (Å²) in [6, 6.07) is 13.0. The summed E-state index contributed by atoms with van der Waals surface area (Å²) < 4.78 is 5.79. The van der Waals surface area contributed by atoms with Crippen LogP contribution < -0.4 is 0 Å². The van der Waals surface area contributed by atoms with Crippen molar-refractivity contribution in [1.82, 2.24) is 4.90 Å². The molecule has 112 valence electrons. The fourth-order valence-corrected chi connectivity index (χ4v) is 3.28. The lowest BCUT2D eigenvalue weighted by Gasteiger charge is -2.24. The van der Waals surface area contributed by atoms with E-state index in [4.69, 9.17) is 4.42 Å². The Hall–Kier alpha value is -1.58. The molecule has 21 heavy (non-hydrogen) atoms. The van der Waals surface area contributed by atoms with Gasteiger partial charge in [0.25, 0.3) is 0 Å². The predicted octanol–water partition coefficient (Wildman–Crippen LogP) is 3.60. The van der Waals surface area contributed by atoms with E-state index in [0.29, 0.717) is 6.04 Å². The lowest BCUT2D eigenvalue weighted by atomic mass is 10.0. The van der Waals surface area contributed by atoms with Crippen LogP contribution in [0.15, 0.2) is 40.8 Å². The van der Waals surface area contributed by atoms with Crippen molar-refractivity contribution < 1.29 is 9.52 Å². The summed E-state index contributed by atoms with van der Waals surface area (Å²) in [5.41, 5.74) is 2.48. The smallest absolute Gasteiger partial charge is 0.134 e. The molecule has 3 heteroatoms. The maximum atomic E-state index is 9.20. The molecule has 0 spiro atoms. The number of aliphatic hydroxyl groups is 1. The molecule has 2 aromatic rings. The van der Waals surface area contributed by atoms with Gasteiger partial charge in [-0.2, -0.15) is 0 Å². The van der Waals surface area contributed by atoms with Gasteiger partial charge in [-0.05, 0) is 50.4 Å². The van der Waals surface area contributed by atoms with E-state index >= 15 is 0 Å². The Morgan fingerprint density at radius 1 is 1.24 bits per heavy atom. The van der Waals surface area contributed by atoms with E-state index in [2.05, 4.69) is 29.2 Å². The molecule has 2 heterocycles. The molecule has 0 amide bonds. The van der Waals surface area contributed by atoms with Gasteiger partial charge >= 0.3 is 0 Å². The van der Waals surface area contributed by atoms with Crippen LogP contribution in [0.4, 0.5) is 0 Å². The van der Waals surface area contributed by atoms with Crippen molar-refractivity contribution in [2.24, 2.45) is 0 Å². The highest BCUT2D eigenvalue weighted by molar-refractivity contribution is 5.62. The number of hydrogen-bond donors (Lipinski definition) is 1. The van der Waals surface area contributed by atoms with E-state index < -0.39 is 0 Å². The molecule has 1 aromatic carbocycles. The Labute approximate surface area is 126 Å². The molecular formula is C18H23NO2. The Morgan fingerprint density at radius 2 is 2.10 bits per heavy atom. The molecule has 1 aromatic heterocycles. The highest BCUT2D eigenvalue weighted by Crippen LogP contribution is 2.29. The molecule has 1 fully saturated rings. The van der Waals surface area contributed by atoms with Crippen LogP contribution in [0.5, 0.6) is 0 Å². The summed E-state index contributed by atoms with van der Waals surface area (Å²) in [6.45, 7) is 4.31. The van der Waals surface area contributed by atoms with Gasteiger partial charge in [0.1, 0.15) is 11.5 Å². The molecule has 1 saturated heterocycles. The van der Waals surface area contributed by atoms with Crippen molar-refractivity contribution in [3.63, 3.8) is 0 Å². The van der Waals surface area contributed by atoms with Gasteiger partial charge in [-0.15, -0.1) is 0 Å². The van der Waals surface area contributed by atoms with Crippen LogP contribution in [0, 0.1) is 6.92 Å². The monoisotopic (exact) mass is 285 g/mol. The molecule has 0 saturated carbocycles. The van der Waals surface area contributed by atoms with Crippen molar-refractivity contribution in [1.29, 1.82) is 0 Å². The SMILES string of the molecule is Cc1ccc(-c2ccccc2CN2CCC[C@H]2CCO)o1. The molecule has 0 bridgehead atoms. The largest absolute Gasteiger partial charge is 0.461 e. The summed E-state index contributed by atoms with van der Waals surface area (Å²) in [4.78, 5) is 2.49. The average molecular weight is 285 g/mol. The van der Waals surface area contributed by atoms with Crippen molar-refractivity contribution in [2.75, 3.05) is 13.2 Å². The summed E-state index contributed by atoms with van der Waals surface area (Å²) in [5, 5.41) is 9.20. The highest BCUT2D eigenvalue weighted by Gasteiger charge is 2.24. The first-order chi connectivity index (χ1) is 10.3. The number of nitrogens with zero attached hydrogens (tertiary/aromatic N) is 1. The number of benzene rings is 1. The van der Waals surface area contributed by atoms with Gasteiger partial charge in [0.2, 0.25) is 0 Å². The minimum absolute atomic E-state index is 0.278. The maximum absolute atomic E-state index is 9.20. The Kier molecular flexibility index (Phi) is 4.42. The molecule has 1 aliphatic rings. The second kappa shape index (κ2) is 6.46. The Morgan fingerprint density at radius 3 is 2.86 bits per heavy atom. The predicted molar refractivity (Wildman–Crippen MR) is 84.0 cm³/mol. The zero-order chi connectivity index (χ0) is 14.7. The minimum atomic E-state index is 0.278. The van der Waals surface area contributed by atoms with Crippen LogP contribution in [0.2, 0.25) is 0 Å². The zero-order valence-corrected chi connectivity index (χ0v) is 12.6. The zero-order valence-electron chi connectivity index (χ0n) is 12.6. The lowest BCUT2D eigenvalue weighted by Crippen LogP contribution is -2.29. The molecular weight excluding hydrogens is 262 g/mol. The highest BCUT2D eigenvalue weighted by atomic mass is 16.3. The van der Waals surface area contributed by atoms with Crippen molar-refractivity contribution >= 4 is 0 Å². The Bertz CT molecular complexity index is 590. The van der Waals surface area contributed by atoms with E-state index in [1.54, 1.807) is 0 Å². The van der Waals surface area contributed by atoms with Crippen LogP contribution in [0.25, 0.3) is 11.3 Å². The average Bonchev–Trinajstić information content (AvgIpc) is 3.10. The van der Waals surface area contributed by atoms with Gasteiger partial charge in [-0.25, -0.2) is 0 Å². The number of rotatable bonds is 5. The molecule has 1 atom stereocenters. The lowest BCUT2D eigenvalue weighted by molar-refractivity contribution is 0.190. The molecule has 3 rings (SSSR count). The first kappa shape index (κ1) is 14.4. The van der Waals surface area contributed by atoms with E-state index in [9.17, 15) is 5.11 Å². The second-order valence-corrected chi connectivity index (χ2v) is 5.85. The van der Waals surface area contributed by atoms with E-state index in [1.807, 2.05) is 19.1 Å². The molecule has 1 N–H and O–H groups in total. The van der Waals surface area contributed by atoms with E-state index in [-0.39, 0.29) is 6.61 Å². The van der Waals surface area contributed by atoms with Gasteiger partial charge in [0.05, 0.1) is 0 Å². The molecule has 1 aliphatic heterocycles. The van der Waals surface area contributed by atoms with Crippen molar-refractivity contribution in [3.8, 4) is 11.3 Å². The second-order valence-electron chi connectivity index (χ2n) is 5.85. The van der Waals surface area contributed by atoms with Gasteiger partial charge in [-0.3, -0.25) is 4.90 Å². The molecule has 0 unspecified atom stereocenters. The normalized spacial score (nSPS) is 19.2. The van der Waals surface area contributed by atoms with Gasteiger partial charge in [-0.1, -0.05) is 24.3 Å². The topological polar surface area (TPSA) is 36.6 Å². The summed E-state index contributed by atoms with van der Waals surface area (Å²) >= 11 is 0. The number of furan rings is 1. The number of hydrogen-bond acceptors (Lipinski definition) is 3. The standard InChI is InChI=1S/C18H23NO2/c1-14-8-9-18(21-14)17-7-3-2-5-15(17)13-19-11-4-6-16(19)10-12-20/h2-3,5,7-9,16,20H,4,6,10-13H2,1H3/t16-/m0/s1. The van der Waals surface area contributed by atoms with Crippen LogP contribution in [-0.4, -0.2) is 29.2 Å². The maximum Gasteiger partial charge on any atom is 0.134 e. The molecule has 0 aliphatic carbocycles. The Balaban J connectivity index is 1.82. The first-order valence-electron chi connectivity index (χ1n) is 7.77. The summed E-state index contributed by atoms with van der Waals surface area (Å²) in [5.74, 6) is 1.89. The summed E-state index contributed by atoms with van der Waals surface area (Å²) in [7, 11) is 0. The van der Waals surface area contributed by atoms with Crippen LogP contribution in [0.3, 0.4) is 0 Å². The van der Waals surface area contributed by atoms with Gasteiger partial charge in [0, 0.05) is 24.8 Å². The quantitative estimate of drug-likeness (QED) is 0.912. The third-order valence-electron chi connectivity index (χ3n) is 4.36. The van der Waals surface area contributed by atoms with E-state index in [0.717, 1.165) is 31.0 Å². The third kappa shape index (κ3) is 3.20. The van der Waals surface area contributed by atoms with Crippen LogP contribution >= 0.6 is 0 Å². The third-order valence-corrected chi connectivity index (χ3v) is 4.36. The molecule has 0 radical (unpaired) electrons. The summed E-state index contributed by atoms with van der Waals surface area (Å²) in [6.07, 6.45) is 3.30. The minimum Gasteiger partial charge on any atom is -0.461 e. The van der Waals surface area contributed by atoms with Gasteiger partial charge in [0.15, 0.2) is 0 Å². The number of aliphatic hydroxyl groups excluding tert-OH is 1. The van der Waals surface area contributed by atoms with Crippen molar-refractivity contribution in [3.05, 3.63) is 47.7 Å². The van der Waals surface area contributed by atoms with E-state index in [1.165, 1.54) is 24.0 Å². The van der Waals surface area contributed by atoms with Crippen LogP contribution in [-0.2, 0) is 6.54 Å².